The average molecular weight is 366 g/mol. The van der Waals surface area contributed by atoms with Crippen LogP contribution in [0.5, 0.6) is 5.75 Å². The van der Waals surface area contributed by atoms with Gasteiger partial charge in [-0.25, -0.2) is 14.8 Å². The number of halogens is 1. The molecule has 1 aromatic carbocycles. The molecule has 0 aliphatic heterocycles. The van der Waals surface area contributed by atoms with Gasteiger partial charge < -0.3 is 15.6 Å². The van der Waals surface area contributed by atoms with Crippen LogP contribution in [0, 0.1) is 6.92 Å². The Bertz CT molecular complexity index is 732. The van der Waals surface area contributed by atoms with E-state index < -0.39 is 5.97 Å². The number of hydrogen-bond donors (Lipinski definition) is 2. The Morgan fingerprint density at radius 3 is 2.64 bits per heavy atom. The third kappa shape index (κ3) is 3.36. The molecule has 0 radical (unpaired) electrons. The van der Waals surface area contributed by atoms with E-state index in [9.17, 15) is 9.90 Å². The number of nitrogens with two attached hydrogens (primary N) is 1. The first kappa shape index (κ1) is 16.2. The molecule has 0 bridgehead atoms. The van der Waals surface area contributed by atoms with Gasteiger partial charge in [-0.2, -0.15) is 0 Å². The third-order valence-corrected chi connectivity index (χ3v) is 3.37. The van der Waals surface area contributed by atoms with Gasteiger partial charge in [0, 0.05) is 10.0 Å². The number of nitrogen functional groups attached to an aromatic ring is 1. The minimum absolute atomic E-state index is 0.0147. The minimum atomic E-state index is -1.11. The number of carboxylic acid groups (broad SMARTS) is 1. The monoisotopic (exact) mass is 365 g/mol. The van der Waals surface area contributed by atoms with Gasteiger partial charge in [-0.3, -0.25) is 0 Å². The Balaban J connectivity index is 2.75. The minimum Gasteiger partial charge on any atom is -0.490 e. The van der Waals surface area contributed by atoms with E-state index in [2.05, 4.69) is 25.9 Å². The van der Waals surface area contributed by atoms with E-state index in [1.165, 1.54) is 0 Å². The van der Waals surface area contributed by atoms with Crippen molar-refractivity contribution in [3.05, 3.63) is 33.9 Å². The van der Waals surface area contributed by atoms with Crippen molar-refractivity contribution >= 4 is 27.8 Å². The predicted molar refractivity (Wildman–Crippen MR) is 87.0 cm³/mol. The normalized spacial score (nSPS) is 10.8. The topological polar surface area (TPSA) is 98.3 Å². The predicted octanol–water partition coefficient (Wildman–Crippen LogP) is 3.28. The number of hydrogen-bond acceptors (Lipinski definition) is 5. The average Bonchev–Trinajstić information content (AvgIpc) is 2.38. The van der Waals surface area contributed by atoms with E-state index in [1.807, 2.05) is 19.9 Å². The first-order valence-corrected chi connectivity index (χ1v) is 7.43. The lowest BCUT2D eigenvalue weighted by Crippen LogP contribution is -2.11. The number of aryl methyl sites for hydroxylation is 1. The molecule has 0 spiro atoms. The van der Waals surface area contributed by atoms with Crippen molar-refractivity contribution in [1.29, 1.82) is 0 Å². The number of benzene rings is 1. The number of carboxylic acids is 1. The molecule has 0 aliphatic rings. The SMILES string of the molecule is Cc1nc(N)nc(-c2cc(Br)ccc2OC(C)C)c1C(=O)O. The molecule has 0 unspecified atom stereocenters. The number of anilines is 1. The van der Waals surface area contributed by atoms with Crippen LogP contribution >= 0.6 is 15.9 Å². The van der Waals surface area contributed by atoms with Crippen LogP contribution in [-0.4, -0.2) is 27.1 Å². The fourth-order valence-electron chi connectivity index (χ4n) is 2.09. The molecule has 22 heavy (non-hydrogen) atoms. The van der Waals surface area contributed by atoms with E-state index in [-0.39, 0.29) is 23.3 Å². The van der Waals surface area contributed by atoms with Crippen molar-refractivity contribution in [2.45, 2.75) is 26.9 Å². The van der Waals surface area contributed by atoms with Crippen molar-refractivity contribution in [3.63, 3.8) is 0 Å². The van der Waals surface area contributed by atoms with Crippen molar-refractivity contribution in [2.75, 3.05) is 5.73 Å². The van der Waals surface area contributed by atoms with Gasteiger partial charge in [0.05, 0.1) is 17.5 Å². The number of carbonyl (C=O) groups is 1. The van der Waals surface area contributed by atoms with Crippen molar-refractivity contribution in [2.24, 2.45) is 0 Å². The highest BCUT2D eigenvalue weighted by Gasteiger charge is 2.22. The van der Waals surface area contributed by atoms with Crippen LogP contribution in [0.25, 0.3) is 11.3 Å². The lowest BCUT2D eigenvalue weighted by Gasteiger charge is -2.16. The van der Waals surface area contributed by atoms with Gasteiger partial charge >= 0.3 is 5.97 Å². The number of aromatic nitrogens is 2. The van der Waals surface area contributed by atoms with E-state index in [0.29, 0.717) is 17.0 Å². The lowest BCUT2D eigenvalue weighted by molar-refractivity contribution is 0.0696. The largest absolute Gasteiger partial charge is 0.490 e. The summed E-state index contributed by atoms with van der Waals surface area (Å²) in [5.74, 6) is -0.547. The highest BCUT2D eigenvalue weighted by atomic mass is 79.9. The highest BCUT2D eigenvalue weighted by molar-refractivity contribution is 9.10. The van der Waals surface area contributed by atoms with Crippen LogP contribution in [0.2, 0.25) is 0 Å². The molecule has 0 saturated carbocycles. The summed E-state index contributed by atoms with van der Waals surface area (Å²) in [6, 6.07) is 5.34. The first-order valence-electron chi connectivity index (χ1n) is 6.63. The summed E-state index contributed by atoms with van der Waals surface area (Å²) >= 11 is 3.38. The second-order valence-electron chi connectivity index (χ2n) is 5.00. The lowest BCUT2D eigenvalue weighted by atomic mass is 10.0. The van der Waals surface area contributed by atoms with Crippen LogP contribution in [0.4, 0.5) is 5.95 Å². The summed E-state index contributed by atoms with van der Waals surface area (Å²) < 4.78 is 6.54. The fraction of sp³-hybridized carbons (Fsp3) is 0.267. The number of rotatable bonds is 4. The summed E-state index contributed by atoms with van der Waals surface area (Å²) in [6.45, 7) is 5.37. The zero-order valence-corrected chi connectivity index (χ0v) is 14.0. The second-order valence-corrected chi connectivity index (χ2v) is 5.92. The molecule has 3 N–H and O–H groups in total. The van der Waals surface area contributed by atoms with Crippen LogP contribution in [0.15, 0.2) is 22.7 Å². The Morgan fingerprint density at radius 2 is 2.05 bits per heavy atom. The first-order chi connectivity index (χ1) is 10.3. The Kier molecular flexibility index (Phi) is 4.65. The van der Waals surface area contributed by atoms with Crippen molar-refractivity contribution in [1.82, 2.24) is 9.97 Å². The van der Waals surface area contributed by atoms with Gasteiger partial charge in [0.1, 0.15) is 11.3 Å². The molecule has 0 saturated heterocycles. The maximum atomic E-state index is 11.6. The zero-order chi connectivity index (χ0) is 16.4. The van der Waals surface area contributed by atoms with Gasteiger partial charge in [0.2, 0.25) is 5.95 Å². The Hall–Kier alpha value is -2.15. The molecule has 7 heteroatoms. The molecule has 0 fully saturated rings. The van der Waals surface area contributed by atoms with E-state index in [1.54, 1.807) is 19.1 Å². The van der Waals surface area contributed by atoms with Crippen LogP contribution in [-0.2, 0) is 0 Å². The fourth-order valence-corrected chi connectivity index (χ4v) is 2.45. The molecule has 0 amide bonds. The highest BCUT2D eigenvalue weighted by Crippen LogP contribution is 2.35. The Morgan fingerprint density at radius 1 is 1.36 bits per heavy atom. The molecular weight excluding hydrogens is 350 g/mol. The molecule has 0 atom stereocenters. The number of aromatic carboxylic acids is 1. The zero-order valence-electron chi connectivity index (χ0n) is 12.4. The maximum Gasteiger partial charge on any atom is 0.339 e. The molecule has 1 heterocycles. The standard InChI is InChI=1S/C15H16BrN3O3/c1-7(2)22-11-5-4-9(16)6-10(11)13-12(14(20)21)8(3)18-15(17)19-13/h4-7H,1-3H3,(H,20,21)(H2,17,18,19). The van der Waals surface area contributed by atoms with Crippen molar-refractivity contribution in [3.8, 4) is 17.0 Å². The van der Waals surface area contributed by atoms with Gasteiger partial charge in [-0.15, -0.1) is 0 Å². The summed E-state index contributed by atoms with van der Waals surface area (Å²) in [5.41, 5.74) is 6.81. The maximum absolute atomic E-state index is 11.6. The molecular formula is C15H16BrN3O3. The molecule has 2 rings (SSSR count). The molecule has 116 valence electrons. The second kappa shape index (κ2) is 6.31. The summed E-state index contributed by atoms with van der Waals surface area (Å²) in [7, 11) is 0. The van der Waals surface area contributed by atoms with Gasteiger partial charge in [-0.1, -0.05) is 15.9 Å². The molecule has 1 aromatic heterocycles. The number of ether oxygens (including phenoxy) is 1. The van der Waals surface area contributed by atoms with E-state index in [4.69, 9.17) is 10.5 Å². The summed E-state index contributed by atoms with van der Waals surface area (Å²) in [4.78, 5) is 19.6. The van der Waals surface area contributed by atoms with Crippen LogP contribution in [0.1, 0.15) is 29.9 Å². The Labute approximate surface area is 136 Å². The van der Waals surface area contributed by atoms with E-state index in [0.717, 1.165) is 4.47 Å². The molecule has 2 aromatic rings. The van der Waals surface area contributed by atoms with Crippen LogP contribution < -0.4 is 10.5 Å². The molecule has 0 aliphatic carbocycles. The quantitative estimate of drug-likeness (QED) is 0.862. The third-order valence-electron chi connectivity index (χ3n) is 2.88. The summed E-state index contributed by atoms with van der Waals surface area (Å²) in [6.07, 6.45) is -0.0616. The van der Waals surface area contributed by atoms with Crippen molar-refractivity contribution < 1.29 is 14.6 Å². The smallest absolute Gasteiger partial charge is 0.339 e. The van der Waals surface area contributed by atoms with Gasteiger partial charge in [0.15, 0.2) is 0 Å². The summed E-state index contributed by atoms with van der Waals surface area (Å²) in [5, 5.41) is 9.47. The van der Waals surface area contributed by atoms with Crippen LogP contribution in [0.3, 0.4) is 0 Å². The van der Waals surface area contributed by atoms with Gasteiger partial charge in [0.25, 0.3) is 0 Å². The van der Waals surface area contributed by atoms with Gasteiger partial charge in [-0.05, 0) is 39.0 Å². The van der Waals surface area contributed by atoms with E-state index >= 15 is 0 Å². The molecule has 6 nitrogen and oxygen atoms in total. The number of nitrogens with zero attached hydrogens (tertiary/aromatic N) is 2.